The molecule has 2 heterocycles. The first kappa shape index (κ1) is 21.9. The number of halogens is 1. The Labute approximate surface area is 198 Å². The first-order valence-corrected chi connectivity index (χ1v) is 12.0. The molecule has 0 saturated heterocycles. The molecule has 0 bridgehead atoms. The molecule has 0 aliphatic carbocycles. The quantitative estimate of drug-likeness (QED) is 0.324. The van der Waals surface area contributed by atoms with E-state index in [0.717, 1.165) is 22.0 Å². The van der Waals surface area contributed by atoms with Crippen molar-refractivity contribution >= 4 is 49.2 Å². The van der Waals surface area contributed by atoms with E-state index in [4.69, 9.17) is 11.6 Å². The van der Waals surface area contributed by atoms with E-state index in [1.54, 1.807) is 25.3 Å². The third kappa shape index (κ3) is 3.95. The molecule has 0 fully saturated rings. The second-order valence-electron chi connectivity index (χ2n) is 7.78. The minimum atomic E-state index is -4.01. The molecule has 0 radical (unpaired) electrons. The summed E-state index contributed by atoms with van der Waals surface area (Å²) in [6.45, 7) is 1.60. The molecule has 0 unspecified atom stereocenters. The molecule has 34 heavy (non-hydrogen) atoms. The largest absolute Gasteiger partial charge is 0.316 e. The lowest BCUT2D eigenvalue weighted by Gasteiger charge is -2.13. The minimum Gasteiger partial charge on any atom is -0.316 e. The SMILES string of the molecule is Cc1cc2[nH]c(=O)c(=O)[nH]c2cc1S(=O)(=O)Nc1ccc(-c2ccc3cccnc3c2)c(Cl)c1. The van der Waals surface area contributed by atoms with Crippen LogP contribution in [0, 0.1) is 6.92 Å². The summed E-state index contributed by atoms with van der Waals surface area (Å²) in [7, 11) is -4.01. The highest BCUT2D eigenvalue weighted by atomic mass is 35.5. The average molecular weight is 493 g/mol. The number of rotatable bonds is 4. The van der Waals surface area contributed by atoms with Crippen molar-refractivity contribution in [3.8, 4) is 11.1 Å². The van der Waals surface area contributed by atoms with E-state index >= 15 is 0 Å². The van der Waals surface area contributed by atoms with Crippen molar-refractivity contribution in [2.75, 3.05) is 4.72 Å². The van der Waals surface area contributed by atoms with E-state index in [1.165, 1.54) is 18.2 Å². The lowest BCUT2D eigenvalue weighted by atomic mass is 10.0. The third-order valence-corrected chi connectivity index (χ3v) is 7.28. The van der Waals surface area contributed by atoms with Crippen molar-refractivity contribution in [3.63, 3.8) is 0 Å². The Morgan fingerprint density at radius 3 is 2.38 bits per heavy atom. The Bertz CT molecular complexity index is 1830. The molecule has 3 N–H and O–H groups in total. The number of hydrogen-bond donors (Lipinski definition) is 3. The maximum absolute atomic E-state index is 13.1. The van der Waals surface area contributed by atoms with Gasteiger partial charge in [0.2, 0.25) is 0 Å². The normalized spacial score (nSPS) is 11.7. The van der Waals surface area contributed by atoms with Gasteiger partial charge < -0.3 is 9.97 Å². The second-order valence-corrected chi connectivity index (χ2v) is 9.84. The molecule has 0 aliphatic rings. The Kier molecular flexibility index (Phi) is 5.22. The number of benzene rings is 3. The Hall–Kier alpha value is -3.95. The molecule has 0 atom stereocenters. The molecule has 0 amide bonds. The molecule has 8 nitrogen and oxygen atoms in total. The average Bonchev–Trinajstić information content (AvgIpc) is 2.79. The topological polar surface area (TPSA) is 125 Å². The van der Waals surface area contributed by atoms with Crippen molar-refractivity contribution in [1.29, 1.82) is 0 Å². The van der Waals surface area contributed by atoms with Gasteiger partial charge in [-0.05, 0) is 54.4 Å². The molecule has 5 aromatic rings. The van der Waals surface area contributed by atoms with Crippen LogP contribution in [-0.4, -0.2) is 23.4 Å². The van der Waals surface area contributed by atoms with E-state index in [0.29, 0.717) is 16.1 Å². The van der Waals surface area contributed by atoms with Crippen LogP contribution in [0.1, 0.15) is 5.56 Å². The fourth-order valence-electron chi connectivity index (χ4n) is 3.80. The van der Waals surface area contributed by atoms with Crippen LogP contribution in [0.3, 0.4) is 0 Å². The summed E-state index contributed by atoms with van der Waals surface area (Å²) in [5, 5.41) is 1.37. The molecule has 0 saturated carbocycles. The standard InChI is InChI=1S/C24H17ClN4O4S/c1-13-9-20-21(28-24(31)23(30)27-20)12-22(13)34(32,33)29-16-6-7-17(18(25)11-16)15-5-4-14-3-2-8-26-19(14)10-15/h2-12,29H,1H3,(H,27,30)(H,28,31). The number of aromatic nitrogens is 3. The third-order valence-electron chi connectivity index (χ3n) is 5.45. The molecule has 170 valence electrons. The van der Waals surface area contributed by atoms with Crippen LogP contribution < -0.4 is 15.8 Å². The summed E-state index contributed by atoms with van der Waals surface area (Å²) >= 11 is 6.50. The molecular formula is C24H17ClN4O4S. The fraction of sp³-hybridized carbons (Fsp3) is 0.0417. The van der Waals surface area contributed by atoms with E-state index in [-0.39, 0.29) is 16.1 Å². The summed E-state index contributed by atoms with van der Waals surface area (Å²) in [5.41, 5.74) is 1.96. The van der Waals surface area contributed by atoms with Crippen molar-refractivity contribution in [1.82, 2.24) is 15.0 Å². The number of pyridine rings is 1. The molecule has 3 aromatic carbocycles. The van der Waals surface area contributed by atoms with Gasteiger partial charge in [-0.15, -0.1) is 0 Å². The Morgan fingerprint density at radius 1 is 0.912 bits per heavy atom. The van der Waals surface area contributed by atoms with Crippen molar-refractivity contribution in [3.05, 3.63) is 98.2 Å². The number of nitrogens with zero attached hydrogens (tertiary/aromatic N) is 1. The smallest absolute Gasteiger partial charge is 0.314 e. The zero-order valence-electron chi connectivity index (χ0n) is 17.7. The monoisotopic (exact) mass is 492 g/mol. The van der Waals surface area contributed by atoms with Gasteiger partial charge in [-0.3, -0.25) is 19.3 Å². The first-order chi connectivity index (χ1) is 16.2. The number of aromatic amines is 2. The van der Waals surface area contributed by atoms with Crippen LogP contribution in [-0.2, 0) is 10.0 Å². The number of fused-ring (bicyclic) bond motifs is 2. The molecule has 0 aliphatic heterocycles. The van der Waals surface area contributed by atoms with E-state index in [9.17, 15) is 18.0 Å². The van der Waals surface area contributed by atoms with Gasteiger partial charge in [0.15, 0.2) is 0 Å². The zero-order chi connectivity index (χ0) is 24.0. The summed E-state index contributed by atoms with van der Waals surface area (Å²) in [5.74, 6) is 0. The number of H-pyrrole nitrogens is 2. The predicted molar refractivity (Wildman–Crippen MR) is 133 cm³/mol. The van der Waals surface area contributed by atoms with Crippen LogP contribution in [0.5, 0.6) is 0 Å². The van der Waals surface area contributed by atoms with Crippen LogP contribution in [0.25, 0.3) is 33.1 Å². The fourth-order valence-corrected chi connectivity index (χ4v) is 5.39. The minimum absolute atomic E-state index is 0.0384. The number of anilines is 1. The zero-order valence-corrected chi connectivity index (χ0v) is 19.3. The molecular weight excluding hydrogens is 476 g/mol. The van der Waals surface area contributed by atoms with Crippen LogP contribution in [0.15, 0.2) is 81.3 Å². The number of aryl methyl sites for hydroxylation is 1. The molecule has 5 rings (SSSR count). The van der Waals surface area contributed by atoms with E-state index in [1.807, 2.05) is 30.3 Å². The maximum Gasteiger partial charge on any atom is 0.314 e. The van der Waals surface area contributed by atoms with Crippen LogP contribution >= 0.6 is 11.6 Å². The van der Waals surface area contributed by atoms with E-state index in [2.05, 4.69) is 19.7 Å². The highest BCUT2D eigenvalue weighted by Gasteiger charge is 2.19. The van der Waals surface area contributed by atoms with Gasteiger partial charge in [0.1, 0.15) is 0 Å². The predicted octanol–water partition coefficient (Wildman–Crippen LogP) is 4.19. The molecule has 0 spiro atoms. The lowest BCUT2D eigenvalue weighted by Crippen LogP contribution is -2.29. The number of sulfonamides is 1. The summed E-state index contributed by atoms with van der Waals surface area (Å²) in [4.78, 5) is 32.3. The number of hydrogen-bond acceptors (Lipinski definition) is 5. The van der Waals surface area contributed by atoms with Gasteiger partial charge in [0.25, 0.3) is 10.0 Å². The van der Waals surface area contributed by atoms with Crippen molar-refractivity contribution < 1.29 is 8.42 Å². The Morgan fingerprint density at radius 2 is 1.65 bits per heavy atom. The van der Waals surface area contributed by atoms with Crippen LogP contribution in [0.2, 0.25) is 5.02 Å². The highest BCUT2D eigenvalue weighted by molar-refractivity contribution is 7.92. The van der Waals surface area contributed by atoms with Gasteiger partial charge in [-0.2, -0.15) is 0 Å². The highest BCUT2D eigenvalue weighted by Crippen LogP contribution is 2.33. The van der Waals surface area contributed by atoms with Gasteiger partial charge in [0.05, 0.1) is 32.2 Å². The van der Waals surface area contributed by atoms with E-state index < -0.39 is 21.1 Å². The first-order valence-electron chi connectivity index (χ1n) is 10.2. The van der Waals surface area contributed by atoms with Gasteiger partial charge in [0, 0.05) is 17.1 Å². The summed E-state index contributed by atoms with van der Waals surface area (Å²) in [6, 6.07) is 17.3. The number of nitrogens with one attached hydrogen (secondary N) is 3. The van der Waals surface area contributed by atoms with Crippen LogP contribution in [0.4, 0.5) is 5.69 Å². The van der Waals surface area contributed by atoms with Gasteiger partial charge in [-0.25, -0.2) is 8.42 Å². The molecule has 2 aromatic heterocycles. The second kappa shape index (κ2) is 8.12. The summed E-state index contributed by atoms with van der Waals surface area (Å²) < 4.78 is 28.7. The summed E-state index contributed by atoms with van der Waals surface area (Å²) in [6.07, 6.45) is 1.72. The molecule has 10 heteroatoms. The van der Waals surface area contributed by atoms with Crippen molar-refractivity contribution in [2.45, 2.75) is 11.8 Å². The van der Waals surface area contributed by atoms with Crippen molar-refractivity contribution in [2.24, 2.45) is 0 Å². The maximum atomic E-state index is 13.1. The van der Waals surface area contributed by atoms with Gasteiger partial charge in [-0.1, -0.05) is 35.9 Å². The Balaban J connectivity index is 1.49. The van der Waals surface area contributed by atoms with Gasteiger partial charge >= 0.3 is 11.1 Å². The lowest BCUT2D eigenvalue weighted by molar-refractivity contribution is 0.600.